The summed E-state index contributed by atoms with van der Waals surface area (Å²) in [4.78, 5) is 15.2. The van der Waals surface area contributed by atoms with Crippen LogP contribution in [-0.4, -0.2) is 43.2 Å². The van der Waals surface area contributed by atoms with Gasteiger partial charge in [0.05, 0.1) is 11.6 Å². The Labute approximate surface area is 121 Å². The third-order valence-electron chi connectivity index (χ3n) is 2.82. The van der Waals surface area contributed by atoms with Crippen LogP contribution in [0.3, 0.4) is 0 Å². The van der Waals surface area contributed by atoms with E-state index in [1.165, 1.54) is 6.07 Å². The molecule has 110 valence electrons. The number of sulfonamides is 1. The minimum Gasteiger partial charge on any atom is -0.355 e. The Morgan fingerprint density at radius 2 is 2.25 bits per heavy atom. The highest BCUT2D eigenvalue weighted by atomic mass is 35.5. The van der Waals surface area contributed by atoms with Crippen molar-refractivity contribution in [2.24, 2.45) is 5.84 Å². The Kier molecular flexibility index (Phi) is 4.43. The minimum atomic E-state index is -3.81. The van der Waals surface area contributed by atoms with Gasteiger partial charge in [0.15, 0.2) is 5.82 Å². The molecule has 0 atom stereocenters. The summed E-state index contributed by atoms with van der Waals surface area (Å²) < 4.78 is 26.0. The average Bonchev–Trinajstić information content (AvgIpc) is 2.63. The van der Waals surface area contributed by atoms with E-state index in [0.717, 1.165) is 10.5 Å². The Morgan fingerprint density at radius 1 is 1.50 bits per heavy atom. The van der Waals surface area contributed by atoms with Crippen molar-refractivity contribution in [2.75, 3.05) is 25.1 Å². The van der Waals surface area contributed by atoms with Crippen LogP contribution in [0.1, 0.15) is 6.42 Å². The van der Waals surface area contributed by atoms with E-state index < -0.39 is 10.0 Å². The van der Waals surface area contributed by atoms with Crippen LogP contribution in [0.25, 0.3) is 0 Å². The summed E-state index contributed by atoms with van der Waals surface area (Å²) in [6.45, 7) is 0.506. The molecule has 20 heavy (non-hydrogen) atoms. The highest BCUT2D eigenvalue weighted by Gasteiger charge is 2.28. The number of amides is 1. The van der Waals surface area contributed by atoms with E-state index >= 15 is 0 Å². The first-order valence-electron chi connectivity index (χ1n) is 5.84. The number of aromatic nitrogens is 1. The standard InChI is InChI=1S/C10H14ClN5O3S/c11-8-4-7(5-14-10(8)15-12)20(18,19)16-3-1-2-13-9(17)6-16/h4-5H,1-3,6,12H2,(H,13,17)(H,14,15). The second kappa shape index (κ2) is 5.92. The zero-order chi connectivity index (χ0) is 14.8. The van der Waals surface area contributed by atoms with Crippen molar-refractivity contribution in [1.82, 2.24) is 14.6 Å². The number of hydrogen-bond donors (Lipinski definition) is 3. The third kappa shape index (κ3) is 3.01. The molecule has 0 aromatic carbocycles. The summed E-state index contributed by atoms with van der Waals surface area (Å²) in [7, 11) is -3.81. The van der Waals surface area contributed by atoms with Crippen molar-refractivity contribution in [3.05, 3.63) is 17.3 Å². The Balaban J connectivity index is 2.34. The van der Waals surface area contributed by atoms with Gasteiger partial charge in [-0.2, -0.15) is 4.31 Å². The largest absolute Gasteiger partial charge is 0.355 e. The zero-order valence-electron chi connectivity index (χ0n) is 10.5. The second-order valence-electron chi connectivity index (χ2n) is 4.19. The van der Waals surface area contributed by atoms with Gasteiger partial charge in [0.2, 0.25) is 15.9 Å². The van der Waals surface area contributed by atoms with Crippen LogP contribution in [0.5, 0.6) is 0 Å². The predicted octanol–water partition coefficient (Wildman–Crippen LogP) is -0.469. The lowest BCUT2D eigenvalue weighted by atomic mass is 10.4. The van der Waals surface area contributed by atoms with E-state index in [2.05, 4.69) is 15.7 Å². The zero-order valence-corrected chi connectivity index (χ0v) is 12.0. The van der Waals surface area contributed by atoms with Gasteiger partial charge in [0, 0.05) is 19.3 Å². The molecule has 0 bridgehead atoms. The molecule has 1 saturated heterocycles. The van der Waals surface area contributed by atoms with E-state index in [9.17, 15) is 13.2 Å². The smallest absolute Gasteiger partial charge is 0.245 e. The number of rotatable bonds is 3. The molecule has 10 heteroatoms. The van der Waals surface area contributed by atoms with Crippen molar-refractivity contribution in [1.29, 1.82) is 0 Å². The lowest BCUT2D eigenvalue weighted by Gasteiger charge is -2.18. The van der Waals surface area contributed by atoms with Crippen molar-refractivity contribution < 1.29 is 13.2 Å². The molecule has 1 aromatic heterocycles. The van der Waals surface area contributed by atoms with Crippen molar-refractivity contribution >= 4 is 33.3 Å². The molecule has 1 amide bonds. The molecule has 8 nitrogen and oxygen atoms in total. The van der Waals surface area contributed by atoms with Gasteiger partial charge in [-0.3, -0.25) is 4.79 Å². The van der Waals surface area contributed by atoms with Gasteiger partial charge in [-0.15, -0.1) is 0 Å². The Hall–Kier alpha value is -1.42. The number of hydrazine groups is 1. The van der Waals surface area contributed by atoms with Crippen LogP contribution in [0.15, 0.2) is 17.2 Å². The van der Waals surface area contributed by atoms with E-state index in [0.29, 0.717) is 13.0 Å². The van der Waals surface area contributed by atoms with Gasteiger partial charge in [-0.1, -0.05) is 11.6 Å². The molecule has 0 saturated carbocycles. The predicted molar refractivity (Wildman–Crippen MR) is 73.4 cm³/mol. The summed E-state index contributed by atoms with van der Waals surface area (Å²) in [5.41, 5.74) is 2.25. The highest BCUT2D eigenvalue weighted by Crippen LogP contribution is 2.24. The van der Waals surface area contributed by atoms with Crippen molar-refractivity contribution in [3.63, 3.8) is 0 Å². The first-order valence-corrected chi connectivity index (χ1v) is 7.66. The van der Waals surface area contributed by atoms with Gasteiger partial charge < -0.3 is 10.7 Å². The van der Waals surface area contributed by atoms with Crippen LogP contribution in [0.2, 0.25) is 5.02 Å². The summed E-state index contributed by atoms with van der Waals surface area (Å²) in [5.74, 6) is 5.03. The fourth-order valence-electron chi connectivity index (χ4n) is 1.80. The number of nitrogens with zero attached hydrogens (tertiary/aromatic N) is 2. The molecule has 4 N–H and O–H groups in total. The third-order valence-corrected chi connectivity index (χ3v) is 4.92. The van der Waals surface area contributed by atoms with Crippen LogP contribution in [-0.2, 0) is 14.8 Å². The number of carbonyl (C=O) groups is 1. The average molecular weight is 320 g/mol. The fraction of sp³-hybridized carbons (Fsp3) is 0.400. The number of pyridine rings is 1. The summed E-state index contributed by atoms with van der Waals surface area (Å²) in [6.07, 6.45) is 1.70. The number of carbonyl (C=O) groups excluding carboxylic acids is 1. The Bertz CT molecular complexity index is 621. The van der Waals surface area contributed by atoms with Gasteiger partial charge in [0.25, 0.3) is 0 Å². The van der Waals surface area contributed by atoms with E-state index in [-0.39, 0.29) is 34.7 Å². The first kappa shape index (κ1) is 15.0. The number of anilines is 1. The molecular weight excluding hydrogens is 306 g/mol. The van der Waals surface area contributed by atoms with Gasteiger partial charge in [-0.05, 0) is 12.5 Å². The fourth-order valence-corrected chi connectivity index (χ4v) is 3.49. The maximum Gasteiger partial charge on any atom is 0.245 e. The van der Waals surface area contributed by atoms with Crippen molar-refractivity contribution in [3.8, 4) is 0 Å². The van der Waals surface area contributed by atoms with Crippen LogP contribution >= 0.6 is 11.6 Å². The Morgan fingerprint density at radius 3 is 2.90 bits per heavy atom. The normalized spacial score (nSPS) is 17.4. The molecule has 2 rings (SSSR count). The summed E-state index contributed by atoms with van der Waals surface area (Å²) >= 11 is 5.87. The molecule has 1 fully saturated rings. The van der Waals surface area contributed by atoms with E-state index in [4.69, 9.17) is 17.4 Å². The topological polar surface area (TPSA) is 117 Å². The molecule has 1 aromatic rings. The van der Waals surface area contributed by atoms with Crippen LogP contribution < -0.4 is 16.6 Å². The molecule has 1 aliphatic heterocycles. The van der Waals surface area contributed by atoms with E-state index in [1.807, 2.05) is 0 Å². The number of nitrogen functional groups attached to an aromatic ring is 1. The lowest BCUT2D eigenvalue weighted by molar-refractivity contribution is -0.120. The summed E-state index contributed by atoms with van der Waals surface area (Å²) in [5, 5.41) is 2.71. The van der Waals surface area contributed by atoms with Gasteiger partial charge in [0.1, 0.15) is 4.90 Å². The number of hydrogen-bond acceptors (Lipinski definition) is 6. The SMILES string of the molecule is NNc1ncc(S(=O)(=O)N2CCCNC(=O)C2)cc1Cl. The molecule has 0 aliphatic carbocycles. The maximum atomic E-state index is 12.4. The minimum absolute atomic E-state index is 0.0730. The van der Waals surface area contributed by atoms with Gasteiger partial charge in [-0.25, -0.2) is 19.2 Å². The lowest BCUT2D eigenvalue weighted by Crippen LogP contribution is -2.37. The summed E-state index contributed by atoms with van der Waals surface area (Å²) in [6, 6.07) is 1.25. The number of nitrogens with one attached hydrogen (secondary N) is 2. The molecule has 2 heterocycles. The monoisotopic (exact) mass is 319 g/mol. The molecule has 0 radical (unpaired) electrons. The molecule has 1 aliphatic rings. The molecule has 0 spiro atoms. The van der Waals surface area contributed by atoms with Gasteiger partial charge >= 0.3 is 0 Å². The number of halogens is 1. The highest BCUT2D eigenvalue weighted by molar-refractivity contribution is 7.89. The maximum absolute atomic E-state index is 12.4. The molecular formula is C10H14ClN5O3S. The van der Waals surface area contributed by atoms with Crippen molar-refractivity contribution in [2.45, 2.75) is 11.3 Å². The second-order valence-corrected chi connectivity index (χ2v) is 6.53. The first-order chi connectivity index (χ1) is 9.45. The van der Waals surface area contributed by atoms with Crippen LogP contribution in [0.4, 0.5) is 5.82 Å². The van der Waals surface area contributed by atoms with E-state index in [1.54, 1.807) is 0 Å². The molecule has 0 unspecified atom stereocenters. The number of nitrogens with two attached hydrogens (primary N) is 1. The quantitative estimate of drug-likeness (QED) is 0.512. The van der Waals surface area contributed by atoms with Crippen LogP contribution in [0, 0.1) is 0 Å².